The summed E-state index contributed by atoms with van der Waals surface area (Å²) in [5.41, 5.74) is 2.51. The molecule has 1 fully saturated rings. The Labute approximate surface area is 185 Å². The van der Waals surface area contributed by atoms with E-state index in [9.17, 15) is 14.0 Å². The van der Waals surface area contributed by atoms with Crippen molar-refractivity contribution in [3.8, 4) is 0 Å². The number of carbonyl (C=O) groups is 2. The summed E-state index contributed by atoms with van der Waals surface area (Å²) < 4.78 is 20.6. The van der Waals surface area contributed by atoms with Gasteiger partial charge in [-0.05, 0) is 50.2 Å². The largest absolute Gasteiger partial charge is 0.462 e. The first kappa shape index (κ1) is 21.5. The van der Waals surface area contributed by atoms with Gasteiger partial charge < -0.3 is 9.64 Å². The molecule has 0 N–H and O–H groups in total. The number of rotatable bonds is 6. The number of benzene rings is 2. The van der Waals surface area contributed by atoms with Crippen LogP contribution in [0.5, 0.6) is 0 Å². The first-order valence-electron chi connectivity index (χ1n) is 10.4. The van der Waals surface area contributed by atoms with Gasteiger partial charge in [0.25, 0.3) is 0 Å². The quantitative estimate of drug-likeness (QED) is 0.409. The Morgan fingerprint density at radius 2 is 1.77 bits per heavy atom. The summed E-state index contributed by atoms with van der Waals surface area (Å²) >= 11 is 1.30. The number of nitrogens with zero attached hydrogens (tertiary/aromatic N) is 2. The number of hydrogen-bond donors (Lipinski definition) is 0. The van der Waals surface area contributed by atoms with Crippen LogP contribution in [0.15, 0.2) is 42.5 Å². The van der Waals surface area contributed by atoms with Crippen LogP contribution in [-0.2, 0) is 11.3 Å². The van der Waals surface area contributed by atoms with E-state index >= 15 is 0 Å². The van der Waals surface area contributed by atoms with Crippen molar-refractivity contribution in [1.82, 2.24) is 4.90 Å². The fourth-order valence-corrected chi connectivity index (χ4v) is 5.10. The monoisotopic (exact) mass is 440 g/mol. The summed E-state index contributed by atoms with van der Waals surface area (Å²) in [7, 11) is 0. The van der Waals surface area contributed by atoms with Crippen molar-refractivity contribution < 1.29 is 18.7 Å². The van der Waals surface area contributed by atoms with Gasteiger partial charge in [0.2, 0.25) is 0 Å². The van der Waals surface area contributed by atoms with Gasteiger partial charge in [0.1, 0.15) is 10.7 Å². The third-order valence-electron chi connectivity index (χ3n) is 5.62. The number of carbonyl (C=O) groups excluding carboxylic acids is 2. The molecule has 0 amide bonds. The maximum atomic E-state index is 14.6. The minimum absolute atomic E-state index is 0.0593. The Hall–Kier alpha value is -2.77. The smallest absolute Gasteiger partial charge is 0.348 e. The number of Topliss-reactive ketones (excluding diaryl/α,β-unsaturated/α-hetero) is 1. The molecule has 0 unspecified atom stereocenters. The first-order chi connectivity index (χ1) is 15.0. The molecule has 31 heavy (non-hydrogen) atoms. The molecule has 1 aromatic heterocycles. The minimum Gasteiger partial charge on any atom is -0.462 e. The Morgan fingerprint density at radius 1 is 1.06 bits per heavy atom. The molecule has 0 aliphatic carbocycles. The predicted octanol–water partition coefficient (Wildman–Crippen LogP) is 4.74. The van der Waals surface area contributed by atoms with E-state index in [2.05, 4.69) is 9.80 Å². The number of anilines is 1. The van der Waals surface area contributed by atoms with Gasteiger partial charge in [-0.15, -0.1) is 11.3 Å². The van der Waals surface area contributed by atoms with E-state index in [1.165, 1.54) is 17.4 Å². The zero-order valence-corrected chi connectivity index (χ0v) is 18.5. The van der Waals surface area contributed by atoms with Crippen molar-refractivity contribution in [2.75, 3.05) is 37.7 Å². The highest BCUT2D eigenvalue weighted by Gasteiger charge is 2.25. The maximum Gasteiger partial charge on any atom is 0.348 e. The van der Waals surface area contributed by atoms with Crippen LogP contribution in [0.1, 0.15) is 39.4 Å². The number of ketones is 1. The normalized spacial score (nSPS) is 14.7. The number of piperazine rings is 1. The molecule has 162 valence electrons. The molecule has 0 atom stereocenters. The molecule has 0 bridgehead atoms. The van der Waals surface area contributed by atoms with Gasteiger partial charge in [0, 0.05) is 59.6 Å². The van der Waals surface area contributed by atoms with Crippen LogP contribution in [-0.4, -0.2) is 49.4 Å². The van der Waals surface area contributed by atoms with E-state index in [0.29, 0.717) is 22.4 Å². The molecular formula is C24H25FN2O3S. The van der Waals surface area contributed by atoms with Gasteiger partial charge in [-0.1, -0.05) is 6.07 Å². The zero-order valence-electron chi connectivity index (χ0n) is 17.7. The molecular weight excluding hydrogens is 415 g/mol. The topological polar surface area (TPSA) is 49.9 Å². The Kier molecular flexibility index (Phi) is 6.34. The lowest BCUT2D eigenvalue weighted by molar-refractivity contribution is 0.0529. The molecule has 0 saturated carbocycles. The standard InChI is InChI=1S/C24H25FN2O3S/c1-3-30-24(29)23-19(22-20(25)5-4-6-21(22)31-23)15-26-11-13-27(14-12-26)18-9-7-17(8-10-18)16(2)28/h4-10H,3,11-15H2,1-2H3. The molecule has 1 saturated heterocycles. The van der Waals surface area contributed by atoms with E-state index in [0.717, 1.165) is 42.1 Å². The molecule has 3 aromatic rings. The molecule has 2 heterocycles. The third-order valence-corrected chi connectivity index (χ3v) is 6.79. The van der Waals surface area contributed by atoms with E-state index in [1.807, 2.05) is 30.3 Å². The number of halogens is 1. The molecule has 5 nitrogen and oxygen atoms in total. The van der Waals surface area contributed by atoms with Crippen LogP contribution in [0.2, 0.25) is 0 Å². The van der Waals surface area contributed by atoms with Gasteiger partial charge in [-0.3, -0.25) is 9.69 Å². The number of esters is 1. The third kappa shape index (κ3) is 4.48. The highest BCUT2D eigenvalue weighted by molar-refractivity contribution is 7.21. The maximum absolute atomic E-state index is 14.6. The molecule has 7 heteroatoms. The number of ether oxygens (including phenoxy) is 1. The SMILES string of the molecule is CCOC(=O)c1sc2cccc(F)c2c1CN1CCN(c2ccc(C(C)=O)cc2)CC1. The second-order valence-corrected chi connectivity index (χ2v) is 8.66. The lowest BCUT2D eigenvalue weighted by Gasteiger charge is -2.36. The molecule has 0 spiro atoms. The van der Waals surface area contributed by atoms with Crippen LogP contribution < -0.4 is 4.90 Å². The van der Waals surface area contributed by atoms with E-state index < -0.39 is 0 Å². The van der Waals surface area contributed by atoms with E-state index in [1.54, 1.807) is 19.9 Å². The fourth-order valence-electron chi connectivity index (χ4n) is 3.97. The van der Waals surface area contributed by atoms with Gasteiger partial charge in [-0.2, -0.15) is 0 Å². The second kappa shape index (κ2) is 9.16. The van der Waals surface area contributed by atoms with Crippen molar-refractivity contribution >= 4 is 38.9 Å². The second-order valence-electron chi connectivity index (χ2n) is 7.61. The van der Waals surface area contributed by atoms with E-state index in [-0.39, 0.29) is 24.2 Å². The van der Waals surface area contributed by atoms with Crippen LogP contribution in [0, 0.1) is 5.82 Å². The molecule has 0 radical (unpaired) electrons. The average molecular weight is 441 g/mol. The van der Waals surface area contributed by atoms with Crippen LogP contribution in [0.25, 0.3) is 10.1 Å². The summed E-state index contributed by atoms with van der Waals surface area (Å²) in [6.07, 6.45) is 0. The first-order valence-corrected chi connectivity index (χ1v) is 11.2. The predicted molar refractivity (Wildman–Crippen MR) is 122 cm³/mol. The summed E-state index contributed by atoms with van der Waals surface area (Å²) in [6, 6.07) is 12.6. The molecule has 1 aliphatic rings. The molecule has 1 aliphatic heterocycles. The van der Waals surface area contributed by atoms with Crippen LogP contribution >= 0.6 is 11.3 Å². The van der Waals surface area contributed by atoms with Crippen molar-refractivity contribution in [2.24, 2.45) is 0 Å². The lowest BCUT2D eigenvalue weighted by atomic mass is 10.1. The Balaban J connectivity index is 1.51. The van der Waals surface area contributed by atoms with Gasteiger partial charge >= 0.3 is 5.97 Å². The average Bonchev–Trinajstić information content (AvgIpc) is 3.14. The van der Waals surface area contributed by atoms with Gasteiger partial charge in [-0.25, -0.2) is 9.18 Å². The van der Waals surface area contributed by atoms with Crippen molar-refractivity contribution in [1.29, 1.82) is 0 Å². The summed E-state index contributed by atoms with van der Waals surface area (Å²) in [5.74, 6) is -0.630. The molecule has 4 rings (SSSR count). The summed E-state index contributed by atoms with van der Waals surface area (Å²) in [6.45, 7) is 7.35. The van der Waals surface area contributed by atoms with Crippen molar-refractivity contribution in [3.05, 3.63) is 64.3 Å². The highest BCUT2D eigenvalue weighted by Crippen LogP contribution is 2.35. The highest BCUT2D eigenvalue weighted by atomic mass is 32.1. The number of fused-ring (bicyclic) bond motifs is 1. The van der Waals surface area contributed by atoms with Gasteiger partial charge in [0.05, 0.1) is 6.61 Å². The van der Waals surface area contributed by atoms with Crippen LogP contribution in [0.4, 0.5) is 10.1 Å². The lowest BCUT2D eigenvalue weighted by Crippen LogP contribution is -2.46. The summed E-state index contributed by atoms with van der Waals surface area (Å²) in [4.78, 5) is 29.0. The number of hydrogen-bond acceptors (Lipinski definition) is 6. The van der Waals surface area contributed by atoms with Gasteiger partial charge in [0.15, 0.2) is 5.78 Å². The van der Waals surface area contributed by atoms with E-state index in [4.69, 9.17) is 4.74 Å². The summed E-state index contributed by atoms with van der Waals surface area (Å²) in [5, 5.41) is 0.526. The zero-order chi connectivity index (χ0) is 22.0. The Morgan fingerprint density at radius 3 is 2.42 bits per heavy atom. The Bertz CT molecular complexity index is 1100. The van der Waals surface area contributed by atoms with Crippen molar-refractivity contribution in [2.45, 2.75) is 20.4 Å². The fraction of sp³-hybridized carbons (Fsp3) is 0.333. The number of thiophene rings is 1. The minimum atomic E-state index is -0.387. The van der Waals surface area contributed by atoms with Crippen molar-refractivity contribution in [3.63, 3.8) is 0 Å². The molecule has 2 aromatic carbocycles. The van der Waals surface area contributed by atoms with Crippen LogP contribution in [0.3, 0.4) is 0 Å².